The zero-order chi connectivity index (χ0) is 13.8. The van der Waals surface area contributed by atoms with E-state index in [2.05, 4.69) is 5.32 Å². The molecule has 0 aliphatic carbocycles. The standard InChI is InChI=1S/C11H23N3O3S/c1-4-12-11(15)13-6-5-7-14(9-8-13)18(16,17)10(2)3/h10H,4-9H2,1-3H3,(H,12,15). The molecule has 1 saturated heterocycles. The summed E-state index contributed by atoms with van der Waals surface area (Å²) in [6, 6.07) is -0.110. The second kappa shape index (κ2) is 6.38. The van der Waals surface area contributed by atoms with E-state index in [-0.39, 0.29) is 6.03 Å². The minimum absolute atomic E-state index is 0.110. The fraction of sp³-hybridized carbons (Fsp3) is 0.909. The van der Waals surface area contributed by atoms with E-state index in [1.807, 2.05) is 6.92 Å². The van der Waals surface area contributed by atoms with Crippen molar-refractivity contribution in [1.82, 2.24) is 14.5 Å². The third-order valence-corrected chi connectivity index (χ3v) is 5.30. The van der Waals surface area contributed by atoms with Gasteiger partial charge in [0.1, 0.15) is 0 Å². The number of carbonyl (C=O) groups is 1. The summed E-state index contributed by atoms with van der Waals surface area (Å²) in [5.74, 6) is 0. The van der Waals surface area contributed by atoms with Crippen LogP contribution in [0.5, 0.6) is 0 Å². The SMILES string of the molecule is CCNC(=O)N1CCCN(S(=O)(=O)C(C)C)CC1. The quantitative estimate of drug-likeness (QED) is 0.815. The van der Waals surface area contributed by atoms with Crippen molar-refractivity contribution in [3.8, 4) is 0 Å². The number of amides is 2. The lowest BCUT2D eigenvalue weighted by Gasteiger charge is -2.23. The van der Waals surface area contributed by atoms with E-state index in [1.165, 1.54) is 4.31 Å². The first-order valence-corrected chi connectivity index (χ1v) is 7.91. The Morgan fingerprint density at radius 1 is 1.22 bits per heavy atom. The fourth-order valence-corrected chi connectivity index (χ4v) is 3.23. The summed E-state index contributed by atoms with van der Waals surface area (Å²) < 4.78 is 25.6. The van der Waals surface area contributed by atoms with Crippen LogP contribution >= 0.6 is 0 Å². The van der Waals surface area contributed by atoms with Crippen LogP contribution in [0.25, 0.3) is 0 Å². The predicted octanol–water partition coefficient (Wildman–Crippen LogP) is 0.462. The normalized spacial score (nSPS) is 18.8. The van der Waals surface area contributed by atoms with Gasteiger partial charge in [-0.2, -0.15) is 4.31 Å². The Bertz CT molecular complexity index is 381. The van der Waals surface area contributed by atoms with Gasteiger partial charge in [-0.15, -0.1) is 0 Å². The molecule has 18 heavy (non-hydrogen) atoms. The van der Waals surface area contributed by atoms with E-state index in [9.17, 15) is 13.2 Å². The highest BCUT2D eigenvalue weighted by atomic mass is 32.2. The first-order valence-electron chi connectivity index (χ1n) is 6.41. The van der Waals surface area contributed by atoms with Crippen LogP contribution in [0.3, 0.4) is 0 Å². The molecule has 106 valence electrons. The monoisotopic (exact) mass is 277 g/mol. The number of nitrogens with one attached hydrogen (secondary N) is 1. The van der Waals surface area contributed by atoms with Crippen molar-refractivity contribution < 1.29 is 13.2 Å². The summed E-state index contributed by atoms with van der Waals surface area (Å²) in [6.45, 7) is 7.76. The molecule has 1 fully saturated rings. The maximum absolute atomic E-state index is 12.0. The number of hydrogen-bond donors (Lipinski definition) is 1. The largest absolute Gasteiger partial charge is 0.338 e. The number of urea groups is 1. The van der Waals surface area contributed by atoms with Crippen molar-refractivity contribution in [2.45, 2.75) is 32.4 Å². The Morgan fingerprint density at radius 3 is 2.44 bits per heavy atom. The van der Waals surface area contributed by atoms with Crippen LogP contribution in [-0.2, 0) is 10.0 Å². The van der Waals surface area contributed by atoms with Crippen LogP contribution in [0.15, 0.2) is 0 Å². The van der Waals surface area contributed by atoms with E-state index in [0.717, 1.165) is 0 Å². The Balaban J connectivity index is 2.64. The topological polar surface area (TPSA) is 69.7 Å². The molecule has 0 aromatic rings. The number of carbonyl (C=O) groups excluding carboxylic acids is 1. The molecule has 0 bridgehead atoms. The first-order chi connectivity index (χ1) is 8.39. The van der Waals surface area contributed by atoms with Crippen LogP contribution in [-0.4, -0.2) is 61.6 Å². The Hall–Kier alpha value is -0.820. The maximum Gasteiger partial charge on any atom is 0.317 e. The fourth-order valence-electron chi connectivity index (χ4n) is 1.91. The Labute approximate surface area is 109 Å². The maximum atomic E-state index is 12.0. The minimum Gasteiger partial charge on any atom is -0.338 e. The molecule has 0 spiro atoms. The highest BCUT2D eigenvalue weighted by Crippen LogP contribution is 2.12. The van der Waals surface area contributed by atoms with Crippen LogP contribution in [0.2, 0.25) is 0 Å². The first kappa shape index (κ1) is 15.2. The van der Waals surface area contributed by atoms with Gasteiger partial charge in [-0.1, -0.05) is 0 Å². The molecule has 1 heterocycles. The zero-order valence-corrected chi connectivity index (χ0v) is 12.2. The molecular formula is C11H23N3O3S. The molecule has 0 unspecified atom stereocenters. The molecule has 0 atom stereocenters. The van der Waals surface area contributed by atoms with Gasteiger partial charge in [-0.05, 0) is 27.2 Å². The molecule has 1 aliphatic heterocycles. The third-order valence-electron chi connectivity index (χ3n) is 3.03. The molecule has 0 radical (unpaired) electrons. The van der Waals surface area contributed by atoms with Crippen molar-refractivity contribution in [3.63, 3.8) is 0 Å². The summed E-state index contributed by atoms with van der Waals surface area (Å²) in [7, 11) is -3.21. The van der Waals surface area contributed by atoms with Crippen molar-refractivity contribution in [2.24, 2.45) is 0 Å². The third kappa shape index (κ3) is 3.58. The minimum atomic E-state index is -3.21. The van der Waals surface area contributed by atoms with Gasteiger partial charge in [0.15, 0.2) is 0 Å². The van der Waals surface area contributed by atoms with Gasteiger partial charge in [-0.3, -0.25) is 0 Å². The van der Waals surface area contributed by atoms with Gasteiger partial charge in [0.2, 0.25) is 10.0 Å². The van der Waals surface area contributed by atoms with E-state index in [4.69, 9.17) is 0 Å². The van der Waals surface area contributed by atoms with Crippen molar-refractivity contribution in [3.05, 3.63) is 0 Å². The Kier molecular flexibility index (Phi) is 5.40. The zero-order valence-electron chi connectivity index (χ0n) is 11.3. The summed E-state index contributed by atoms with van der Waals surface area (Å²) >= 11 is 0. The highest BCUT2D eigenvalue weighted by molar-refractivity contribution is 7.89. The number of nitrogens with zero attached hydrogens (tertiary/aromatic N) is 2. The van der Waals surface area contributed by atoms with E-state index < -0.39 is 15.3 Å². The summed E-state index contributed by atoms with van der Waals surface area (Å²) in [5, 5.41) is 2.33. The molecule has 2 amide bonds. The average molecular weight is 277 g/mol. The van der Waals surface area contributed by atoms with Crippen molar-refractivity contribution in [1.29, 1.82) is 0 Å². The molecule has 6 nitrogen and oxygen atoms in total. The molecule has 0 saturated carbocycles. The molecule has 1 N–H and O–H groups in total. The van der Waals surface area contributed by atoms with Crippen LogP contribution < -0.4 is 5.32 Å². The molecule has 7 heteroatoms. The Morgan fingerprint density at radius 2 is 1.89 bits per heavy atom. The van der Waals surface area contributed by atoms with E-state index in [0.29, 0.717) is 39.1 Å². The molecule has 1 rings (SSSR count). The van der Waals surface area contributed by atoms with Gasteiger partial charge >= 0.3 is 6.03 Å². The van der Waals surface area contributed by atoms with Crippen molar-refractivity contribution in [2.75, 3.05) is 32.7 Å². The van der Waals surface area contributed by atoms with E-state index >= 15 is 0 Å². The predicted molar refractivity (Wildman–Crippen MR) is 70.9 cm³/mol. The highest BCUT2D eigenvalue weighted by Gasteiger charge is 2.28. The van der Waals surface area contributed by atoms with Gasteiger partial charge in [-0.25, -0.2) is 13.2 Å². The van der Waals surface area contributed by atoms with Crippen LogP contribution in [0.1, 0.15) is 27.2 Å². The molecular weight excluding hydrogens is 254 g/mol. The van der Waals surface area contributed by atoms with Gasteiger partial charge in [0, 0.05) is 32.7 Å². The lowest BCUT2D eigenvalue weighted by Crippen LogP contribution is -2.43. The average Bonchev–Trinajstić information content (AvgIpc) is 2.54. The van der Waals surface area contributed by atoms with Gasteiger partial charge < -0.3 is 10.2 Å². The van der Waals surface area contributed by atoms with Gasteiger partial charge in [0.05, 0.1) is 5.25 Å². The van der Waals surface area contributed by atoms with Crippen molar-refractivity contribution >= 4 is 16.1 Å². The lowest BCUT2D eigenvalue weighted by atomic mass is 10.4. The summed E-state index contributed by atoms with van der Waals surface area (Å²) in [6.07, 6.45) is 0.684. The molecule has 0 aromatic heterocycles. The molecule has 0 aromatic carbocycles. The smallest absolute Gasteiger partial charge is 0.317 e. The summed E-state index contributed by atoms with van der Waals surface area (Å²) in [4.78, 5) is 13.4. The van der Waals surface area contributed by atoms with Crippen LogP contribution in [0, 0.1) is 0 Å². The second-order valence-electron chi connectivity index (χ2n) is 4.67. The van der Waals surface area contributed by atoms with Gasteiger partial charge in [0.25, 0.3) is 0 Å². The number of rotatable bonds is 3. The van der Waals surface area contributed by atoms with E-state index in [1.54, 1.807) is 18.7 Å². The molecule has 1 aliphatic rings. The lowest BCUT2D eigenvalue weighted by molar-refractivity contribution is 0.201. The second-order valence-corrected chi connectivity index (χ2v) is 7.16. The number of sulfonamides is 1. The van der Waals surface area contributed by atoms with Crippen LogP contribution in [0.4, 0.5) is 4.79 Å². The summed E-state index contributed by atoms with van der Waals surface area (Å²) in [5.41, 5.74) is 0. The number of hydrogen-bond acceptors (Lipinski definition) is 3.